The molecule has 1 aliphatic carbocycles. The van der Waals surface area contributed by atoms with Gasteiger partial charge in [0.05, 0.1) is 17.7 Å². The number of rotatable bonds is 8. The quantitative estimate of drug-likeness (QED) is 0.596. The van der Waals surface area contributed by atoms with Crippen LogP contribution in [0, 0.1) is 0 Å². The van der Waals surface area contributed by atoms with Gasteiger partial charge in [-0.1, -0.05) is 31.4 Å². The van der Waals surface area contributed by atoms with Gasteiger partial charge in [0.2, 0.25) is 10.0 Å². The van der Waals surface area contributed by atoms with Crippen LogP contribution >= 0.6 is 0 Å². The zero-order valence-corrected chi connectivity index (χ0v) is 21.3. The monoisotopic (exact) mass is 501 g/mol. The average Bonchev–Trinajstić information content (AvgIpc) is 2.89. The van der Waals surface area contributed by atoms with Crippen molar-refractivity contribution in [3.05, 3.63) is 48.5 Å². The summed E-state index contributed by atoms with van der Waals surface area (Å²) in [6.45, 7) is 3.64. The fraction of sp³-hybridized carbons (Fsp3) is 0.500. The molecule has 4 rings (SSSR count). The van der Waals surface area contributed by atoms with E-state index in [0.29, 0.717) is 31.9 Å². The number of carbonyl (C=O) groups is 1. The highest BCUT2D eigenvalue weighted by Gasteiger charge is 2.29. The number of nitrogens with one attached hydrogen (secondary N) is 1. The van der Waals surface area contributed by atoms with Crippen molar-refractivity contribution in [2.75, 3.05) is 38.2 Å². The second-order valence-electron chi connectivity index (χ2n) is 9.14. The average molecular weight is 502 g/mol. The SMILES string of the molecule is COc1ccccc1N1CCN(S(=O)(=O)c2ccc(O[C@H](C)C(=O)NC3CCCCC3)cc2)CC1. The Labute approximate surface area is 208 Å². The van der Waals surface area contributed by atoms with Crippen LogP contribution in [-0.4, -0.2) is 64.1 Å². The standard InChI is InChI=1S/C26H35N3O5S/c1-20(26(30)27-21-8-4-3-5-9-21)34-22-12-14-23(15-13-22)35(31,32)29-18-16-28(17-19-29)24-10-6-7-11-25(24)33-2/h6-7,10-15,20-21H,3-5,8-9,16-19H2,1-2H3,(H,27,30)/t20-/m1/s1. The molecule has 2 aliphatic rings. The van der Waals surface area contributed by atoms with Crippen LogP contribution in [-0.2, 0) is 14.8 Å². The molecule has 2 aromatic rings. The largest absolute Gasteiger partial charge is 0.495 e. The maximum Gasteiger partial charge on any atom is 0.260 e. The molecule has 0 bridgehead atoms. The number of methoxy groups -OCH3 is 1. The van der Waals surface area contributed by atoms with Gasteiger partial charge in [-0.05, 0) is 56.2 Å². The number of nitrogens with zero attached hydrogens (tertiary/aromatic N) is 2. The molecule has 2 aromatic carbocycles. The minimum Gasteiger partial charge on any atom is -0.495 e. The molecule has 0 aromatic heterocycles. The topological polar surface area (TPSA) is 88.2 Å². The molecule has 0 radical (unpaired) electrons. The van der Waals surface area contributed by atoms with E-state index in [9.17, 15) is 13.2 Å². The van der Waals surface area contributed by atoms with Crippen molar-refractivity contribution in [2.24, 2.45) is 0 Å². The maximum atomic E-state index is 13.2. The summed E-state index contributed by atoms with van der Waals surface area (Å²) in [4.78, 5) is 14.8. The number of ether oxygens (including phenoxy) is 2. The highest BCUT2D eigenvalue weighted by Crippen LogP contribution is 2.29. The molecule has 1 saturated heterocycles. The lowest BCUT2D eigenvalue weighted by Gasteiger charge is -2.35. The molecule has 35 heavy (non-hydrogen) atoms. The van der Waals surface area contributed by atoms with Gasteiger partial charge in [-0.25, -0.2) is 8.42 Å². The Morgan fingerprint density at radius 1 is 0.971 bits per heavy atom. The second-order valence-corrected chi connectivity index (χ2v) is 11.1. The number of amides is 1. The van der Waals surface area contributed by atoms with Gasteiger partial charge >= 0.3 is 0 Å². The Kier molecular flexibility index (Phi) is 8.18. The molecule has 1 saturated carbocycles. The molecule has 0 spiro atoms. The first-order valence-electron chi connectivity index (χ1n) is 12.3. The molecule has 1 atom stereocenters. The van der Waals surface area contributed by atoms with Crippen molar-refractivity contribution in [3.63, 3.8) is 0 Å². The molecule has 190 valence electrons. The second kappa shape index (κ2) is 11.3. The number of hydrogen-bond acceptors (Lipinski definition) is 6. The van der Waals surface area contributed by atoms with Crippen molar-refractivity contribution in [3.8, 4) is 11.5 Å². The third-order valence-electron chi connectivity index (χ3n) is 6.76. The van der Waals surface area contributed by atoms with Gasteiger partial charge in [0, 0.05) is 32.2 Å². The molecular formula is C26H35N3O5S. The lowest BCUT2D eigenvalue weighted by Crippen LogP contribution is -2.48. The van der Waals surface area contributed by atoms with Crippen molar-refractivity contribution in [1.82, 2.24) is 9.62 Å². The first-order valence-corrected chi connectivity index (χ1v) is 13.8. The maximum absolute atomic E-state index is 13.2. The Hall–Kier alpha value is -2.78. The smallest absolute Gasteiger partial charge is 0.260 e. The van der Waals surface area contributed by atoms with E-state index in [0.717, 1.165) is 37.1 Å². The van der Waals surface area contributed by atoms with E-state index in [4.69, 9.17) is 9.47 Å². The Bertz CT molecular complexity index is 1090. The number of carbonyl (C=O) groups excluding carboxylic acids is 1. The minimum absolute atomic E-state index is 0.137. The summed E-state index contributed by atoms with van der Waals surface area (Å²) in [6.07, 6.45) is 4.89. The summed E-state index contributed by atoms with van der Waals surface area (Å²) in [7, 11) is -1.99. The number of piperazine rings is 1. The van der Waals surface area contributed by atoms with Crippen molar-refractivity contribution < 1.29 is 22.7 Å². The van der Waals surface area contributed by atoms with Crippen LogP contribution in [0.4, 0.5) is 5.69 Å². The highest BCUT2D eigenvalue weighted by atomic mass is 32.2. The molecule has 1 aliphatic heterocycles. The van der Waals surface area contributed by atoms with Gasteiger partial charge in [-0.15, -0.1) is 0 Å². The van der Waals surface area contributed by atoms with Gasteiger partial charge in [-0.2, -0.15) is 4.31 Å². The number of para-hydroxylation sites is 2. The van der Waals surface area contributed by atoms with Gasteiger partial charge in [0.15, 0.2) is 6.10 Å². The van der Waals surface area contributed by atoms with Gasteiger partial charge < -0.3 is 19.7 Å². The molecule has 1 N–H and O–H groups in total. The molecular weight excluding hydrogens is 466 g/mol. The Morgan fingerprint density at radius 2 is 1.63 bits per heavy atom. The predicted octanol–water partition coefficient (Wildman–Crippen LogP) is 3.42. The van der Waals surface area contributed by atoms with Crippen molar-refractivity contribution in [1.29, 1.82) is 0 Å². The lowest BCUT2D eigenvalue weighted by atomic mass is 9.95. The van der Waals surface area contributed by atoms with Gasteiger partial charge in [-0.3, -0.25) is 4.79 Å². The lowest BCUT2D eigenvalue weighted by molar-refractivity contribution is -0.128. The summed E-state index contributed by atoms with van der Waals surface area (Å²) in [5.74, 6) is 1.11. The first-order chi connectivity index (χ1) is 16.9. The van der Waals surface area contributed by atoms with E-state index in [1.807, 2.05) is 24.3 Å². The summed E-state index contributed by atoms with van der Waals surface area (Å²) < 4.78 is 39.1. The summed E-state index contributed by atoms with van der Waals surface area (Å²) in [5.41, 5.74) is 0.968. The summed E-state index contributed by atoms with van der Waals surface area (Å²) in [6, 6.07) is 14.3. The third kappa shape index (κ3) is 6.08. The van der Waals surface area contributed by atoms with Crippen LogP contribution in [0.1, 0.15) is 39.0 Å². The van der Waals surface area contributed by atoms with Crippen LogP contribution in [0.25, 0.3) is 0 Å². The van der Waals surface area contributed by atoms with Crippen LogP contribution in [0.2, 0.25) is 0 Å². The molecule has 1 heterocycles. The van der Waals surface area contributed by atoms with E-state index in [2.05, 4.69) is 10.2 Å². The Morgan fingerprint density at radius 3 is 2.29 bits per heavy atom. The van der Waals surface area contributed by atoms with E-state index >= 15 is 0 Å². The van der Waals surface area contributed by atoms with Crippen LogP contribution in [0.3, 0.4) is 0 Å². The fourth-order valence-corrected chi connectivity index (χ4v) is 6.14. The van der Waals surface area contributed by atoms with Crippen molar-refractivity contribution in [2.45, 2.75) is 56.1 Å². The highest BCUT2D eigenvalue weighted by molar-refractivity contribution is 7.89. The van der Waals surface area contributed by atoms with Crippen LogP contribution in [0.15, 0.2) is 53.4 Å². The van der Waals surface area contributed by atoms with Gasteiger partial charge in [0.1, 0.15) is 11.5 Å². The normalized spacial score (nSPS) is 18.6. The van der Waals surface area contributed by atoms with E-state index < -0.39 is 16.1 Å². The van der Waals surface area contributed by atoms with E-state index in [-0.39, 0.29) is 16.8 Å². The van der Waals surface area contributed by atoms with Crippen LogP contribution < -0.4 is 19.7 Å². The molecule has 9 heteroatoms. The van der Waals surface area contributed by atoms with Crippen molar-refractivity contribution >= 4 is 21.6 Å². The molecule has 1 amide bonds. The predicted molar refractivity (Wildman–Crippen MR) is 136 cm³/mol. The number of anilines is 1. The molecule has 0 unspecified atom stereocenters. The fourth-order valence-electron chi connectivity index (χ4n) is 4.72. The zero-order chi connectivity index (χ0) is 24.8. The Balaban J connectivity index is 1.33. The van der Waals surface area contributed by atoms with E-state index in [1.165, 1.54) is 10.7 Å². The number of sulfonamides is 1. The third-order valence-corrected chi connectivity index (χ3v) is 8.67. The first kappa shape index (κ1) is 25.3. The summed E-state index contributed by atoms with van der Waals surface area (Å²) >= 11 is 0. The zero-order valence-electron chi connectivity index (χ0n) is 20.5. The van der Waals surface area contributed by atoms with E-state index in [1.54, 1.807) is 38.3 Å². The molecule has 8 nitrogen and oxygen atoms in total. The number of hydrogen-bond donors (Lipinski definition) is 1. The number of benzene rings is 2. The molecule has 2 fully saturated rings. The van der Waals surface area contributed by atoms with Gasteiger partial charge in [0.25, 0.3) is 5.91 Å². The minimum atomic E-state index is -3.62. The summed E-state index contributed by atoms with van der Waals surface area (Å²) in [5, 5.41) is 3.06. The van der Waals surface area contributed by atoms with Crippen LogP contribution in [0.5, 0.6) is 11.5 Å².